The van der Waals surface area contributed by atoms with E-state index in [2.05, 4.69) is 5.32 Å². The van der Waals surface area contributed by atoms with Gasteiger partial charge < -0.3 is 11.1 Å². The molecule has 1 amide bonds. The standard InChI is InChI=1S/C13H18F2N2O/c1-7(2)12(16)13(18)17-8(3)10-5-4-9(14)6-11(10)15/h4-8,12H,16H2,1-3H3,(H,17,18)/t8-,12-/m0/s1. The lowest BCUT2D eigenvalue weighted by Crippen LogP contribution is -2.44. The Morgan fingerprint density at radius 1 is 1.28 bits per heavy atom. The third kappa shape index (κ3) is 3.50. The van der Waals surface area contributed by atoms with Crippen molar-refractivity contribution in [2.24, 2.45) is 11.7 Å². The summed E-state index contributed by atoms with van der Waals surface area (Å²) in [4.78, 5) is 11.7. The van der Waals surface area contributed by atoms with Crippen LogP contribution in [0, 0.1) is 17.6 Å². The molecule has 0 aromatic heterocycles. The molecular weight excluding hydrogens is 238 g/mol. The molecule has 0 aliphatic carbocycles. The van der Waals surface area contributed by atoms with Crippen molar-refractivity contribution in [3.63, 3.8) is 0 Å². The molecule has 0 bridgehead atoms. The predicted octanol–water partition coefficient (Wildman–Crippen LogP) is 2.13. The van der Waals surface area contributed by atoms with Crippen LogP contribution in [-0.2, 0) is 4.79 Å². The number of amides is 1. The molecule has 0 saturated heterocycles. The molecule has 1 aromatic carbocycles. The number of benzene rings is 1. The number of nitrogens with two attached hydrogens (primary N) is 1. The Labute approximate surface area is 105 Å². The van der Waals surface area contributed by atoms with Crippen molar-refractivity contribution < 1.29 is 13.6 Å². The van der Waals surface area contributed by atoms with Gasteiger partial charge in [-0.2, -0.15) is 0 Å². The number of carbonyl (C=O) groups is 1. The average molecular weight is 256 g/mol. The Bertz CT molecular complexity index is 435. The summed E-state index contributed by atoms with van der Waals surface area (Å²) in [6.45, 7) is 5.28. The molecule has 1 aromatic rings. The molecule has 0 spiro atoms. The second kappa shape index (κ2) is 5.91. The maximum Gasteiger partial charge on any atom is 0.237 e. The highest BCUT2D eigenvalue weighted by Crippen LogP contribution is 2.17. The Morgan fingerprint density at radius 3 is 2.39 bits per heavy atom. The first kappa shape index (κ1) is 14.6. The van der Waals surface area contributed by atoms with Crippen molar-refractivity contribution in [3.8, 4) is 0 Å². The molecule has 0 heterocycles. The predicted molar refractivity (Wildman–Crippen MR) is 65.7 cm³/mol. The number of carbonyl (C=O) groups excluding carboxylic acids is 1. The normalized spacial score (nSPS) is 14.4. The van der Waals surface area contributed by atoms with Crippen LogP contribution in [0.5, 0.6) is 0 Å². The van der Waals surface area contributed by atoms with Crippen LogP contribution in [0.25, 0.3) is 0 Å². The zero-order valence-electron chi connectivity index (χ0n) is 10.7. The lowest BCUT2D eigenvalue weighted by atomic mass is 10.0. The van der Waals surface area contributed by atoms with Crippen LogP contribution >= 0.6 is 0 Å². The zero-order chi connectivity index (χ0) is 13.9. The van der Waals surface area contributed by atoms with E-state index in [9.17, 15) is 13.6 Å². The molecule has 0 aliphatic heterocycles. The van der Waals surface area contributed by atoms with Crippen LogP contribution in [0.3, 0.4) is 0 Å². The van der Waals surface area contributed by atoms with Gasteiger partial charge in [0.25, 0.3) is 0 Å². The molecule has 2 atom stereocenters. The fourth-order valence-electron chi connectivity index (χ4n) is 1.54. The van der Waals surface area contributed by atoms with E-state index in [-0.39, 0.29) is 17.4 Å². The minimum Gasteiger partial charge on any atom is -0.348 e. The molecule has 3 nitrogen and oxygen atoms in total. The molecular formula is C13H18F2N2O. The fraction of sp³-hybridized carbons (Fsp3) is 0.462. The summed E-state index contributed by atoms with van der Waals surface area (Å²) in [7, 11) is 0. The molecule has 0 unspecified atom stereocenters. The van der Waals surface area contributed by atoms with Crippen molar-refractivity contribution in [1.29, 1.82) is 0 Å². The summed E-state index contributed by atoms with van der Waals surface area (Å²) < 4.78 is 26.2. The van der Waals surface area contributed by atoms with Crippen LogP contribution < -0.4 is 11.1 Å². The SMILES string of the molecule is CC(C)[C@H](N)C(=O)N[C@@H](C)c1ccc(F)cc1F. The highest BCUT2D eigenvalue weighted by Gasteiger charge is 2.20. The van der Waals surface area contributed by atoms with Crippen molar-refractivity contribution in [2.75, 3.05) is 0 Å². The van der Waals surface area contributed by atoms with Gasteiger partial charge >= 0.3 is 0 Å². The van der Waals surface area contributed by atoms with Crippen molar-refractivity contribution in [3.05, 3.63) is 35.4 Å². The van der Waals surface area contributed by atoms with E-state index < -0.39 is 23.7 Å². The van der Waals surface area contributed by atoms with Crippen LogP contribution in [0.4, 0.5) is 8.78 Å². The minimum absolute atomic E-state index is 0.00438. The van der Waals surface area contributed by atoms with Gasteiger partial charge in [0.1, 0.15) is 11.6 Å². The van der Waals surface area contributed by atoms with Gasteiger partial charge in [-0.15, -0.1) is 0 Å². The third-order valence-corrected chi connectivity index (χ3v) is 2.81. The van der Waals surface area contributed by atoms with Crippen LogP contribution in [-0.4, -0.2) is 11.9 Å². The maximum absolute atomic E-state index is 13.5. The van der Waals surface area contributed by atoms with Gasteiger partial charge in [-0.3, -0.25) is 4.79 Å². The van der Waals surface area contributed by atoms with E-state index in [1.807, 2.05) is 13.8 Å². The van der Waals surface area contributed by atoms with Gasteiger partial charge in [0.05, 0.1) is 12.1 Å². The lowest BCUT2D eigenvalue weighted by Gasteiger charge is -2.20. The summed E-state index contributed by atoms with van der Waals surface area (Å²) in [6.07, 6.45) is 0. The molecule has 0 aliphatic rings. The molecule has 0 saturated carbocycles. The summed E-state index contributed by atoms with van der Waals surface area (Å²) in [5.41, 5.74) is 5.92. The monoisotopic (exact) mass is 256 g/mol. The number of hydrogen-bond acceptors (Lipinski definition) is 2. The molecule has 5 heteroatoms. The quantitative estimate of drug-likeness (QED) is 0.867. The Morgan fingerprint density at radius 2 is 1.89 bits per heavy atom. The third-order valence-electron chi connectivity index (χ3n) is 2.81. The van der Waals surface area contributed by atoms with Crippen molar-refractivity contribution in [1.82, 2.24) is 5.32 Å². The van der Waals surface area contributed by atoms with Crippen LogP contribution in [0.2, 0.25) is 0 Å². The van der Waals surface area contributed by atoms with E-state index in [0.717, 1.165) is 12.1 Å². The summed E-state index contributed by atoms with van der Waals surface area (Å²) in [5.74, 6) is -1.67. The highest BCUT2D eigenvalue weighted by molar-refractivity contribution is 5.82. The fourth-order valence-corrected chi connectivity index (χ4v) is 1.54. The maximum atomic E-state index is 13.5. The first-order valence-corrected chi connectivity index (χ1v) is 5.83. The molecule has 18 heavy (non-hydrogen) atoms. The topological polar surface area (TPSA) is 55.1 Å². The van der Waals surface area contributed by atoms with Gasteiger partial charge in [-0.25, -0.2) is 8.78 Å². The number of halogens is 2. The van der Waals surface area contributed by atoms with Gasteiger partial charge in [0, 0.05) is 11.6 Å². The molecule has 100 valence electrons. The van der Waals surface area contributed by atoms with Crippen LogP contribution in [0.1, 0.15) is 32.4 Å². The second-order valence-corrected chi connectivity index (χ2v) is 4.67. The first-order chi connectivity index (χ1) is 8.32. The van der Waals surface area contributed by atoms with Gasteiger partial charge in [-0.05, 0) is 18.9 Å². The number of hydrogen-bond donors (Lipinski definition) is 2. The lowest BCUT2D eigenvalue weighted by molar-refractivity contribution is -0.123. The minimum atomic E-state index is -0.680. The number of rotatable bonds is 4. The highest BCUT2D eigenvalue weighted by atomic mass is 19.1. The average Bonchev–Trinajstić information content (AvgIpc) is 2.27. The van der Waals surface area contributed by atoms with E-state index in [4.69, 9.17) is 5.73 Å². The summed E-state index contributed by atoms with van der Waals surface area (Å²) in [6, 6.07) is 2.07. The Kier molecular flexibility index (Phi) is 4.78. The van der Waals surface area contributed by atoms with E-state index in [1.54, 1.807) is 6.92 Å². The van der Waals surface area contributed by atoms with Crippen LogP contribution in [0.15, 0.2) is 18.2 Å². The van der Waals surface area contributed by atoms with E-state index >= 15 is 0 Å². The van der Waals surface area contributed by atoms with Crippen molar-refractivity contribution >= 4 is 5.91 Å². The Hall–Kier alpha value is -1.49. The van der Waals surface area contributed by atoms with Gasteiger partial charge in [0.15, 0.2) is 0 Å². The molecule has 0 fully saturated rings. The summed E-state index contributed by atoms with van der Waals surface area (Å²) >= 11 is 0. The van der Waals surface area contributed by atoms with E-state index in [0.29, 0.717) is 0 Å². The molecule has 1 rings (SSSR count). The van der Waals surface area contributed by atoms with E-state index in [1.165, 1.54) is 6.07 Å². The second-order valence-electron chi connectivity index (χ2n) is 4.67. The van der Waals surface area contributed by atoms with Gasteiger partial charge in [0.2, 0.25) is 5.91 Å². The molecule has 3 N–H and O–H groups in total. The molecule has 0 radical (unpaired) electrons. The largest absolute Gasteiger partial charge is 0.348 e. The Balaban J connectivity index is 2.76. The zero-order valence-corrected chi connectivity index (χ0v) is 10.7. The first-order valence-electron chi connectivity index (χ1n) is 5.83. The van der Waals surface area contributed by atoms with Crippen molar-refractivity contribution in [2.45, 2.75) is 32.9 Å². The number of nitrogens with one attached hydrogen (secondary N) is 1. The summed E-state index contributed by atoms with van der Waals surface area (Å²) in [5, 5.41) is 2.61. The van der Waals surface area contributed by atoms with Gasteiger partial charge in [-0.1, -0.05) is 19.9 Å². The smallest absolute Gasteiger partial charge is 0.237 e.